The molecule has 1 saturated heterocycles. The van der Waals surface area contributed by atoms with Crippen LogP contribution >= 0.6 is 0 Å². The van der Waals surface area contributed by atoms with E-state index in [0.717, 1.165) is 0 Å². The summed E-state index contributed by atoms with van der Waals surface area (Å²) in [7, 11) is 0. The molecule has 0 bridgehead atoms. The Labute approximate surface area is 151 Å². The third-order valence-corrected chi connectivity index (χ3v) is 35.0. The van der Waals surface area contributed by atoms with Gasteiger partial charge >= 0.3 is 154 Å². The first kappa shape index (κ1) is 23.5. The van der Waals surface area contributed by atoms with E-state index in [2.05, 4.69) is 12.3 Å². The topological polar surface area (TPSA) is 260 Å². The van der Waals surface area contributed by atoms with E-state index < -0.39 is 100 Å². The molecule has 1 aliphatic rings. The predicted molar refractivity (Wildman–Crippen MR) is 14.7 cm³/mol. The molecule has 1 heterocycles. The Bertz CT molecular complexity index is 832. The quantitative estimate of drug-likeness (QED) is 0.242. The van der Waals surface area contributed by atoms with Gasteiger partial charge in [0.15, 0.2) is 0 Å². The summed E-state index contributed by atoms with van der Waals surface area (Å²) in [5.41, 5.74) is 0. The third kappa shape index (κ3) is 8.45. The zero-order chi connectivity index (χ0) is 19.2. The molecule has 24 heteroatoms. The molecule has 24 heavy (non-hydrogen) atoms. The molecule has 1 aliphatic heterocycles. The van der Waals surface area contributed by atoms with E-state index >= 15 is 0 Å². The first-order valence-corrected chi connectivity index (χ1v) is 23.7. The van der Waals surface area contributed by atoms with Crippen molar-refractivity contribution in [3.05, 3.63) is 0 Å². The summed E-state index contributed by atoms with van der Waals surface area (Å²) in [5, 5.41) is 0. The molecule has 0 spiro atoms. The average Bonchev–Trinajstić information content (AvgIpc) is 1.98. The van der Waals surface area contributed by atoms with Crippen LogP contribution in [0.15, 0.2) is 0 Å². The zero-order valence-corrected chi connectivity index (χ0v) is 21.8. The Morgan fingerprint density at radius 3 is 0.417 bits per heavy atom. The average molecular weight is 864 g/mol. The number of hydrogen-bond donors (Lipinski definition) is 0. The van der Waals surface area contributed by atoms with Crippen LogP contribution in [-0.2, 0) is 154 Å². The van der Waals surface area contributed by atoms with E-state index in [1.165, 1.54) is 0 Å². The Kier molecular flexibility index (Phi) is 7.00. The van der Waals surface area contributed by atoms with Gasteiger partial charge in [0.2, 0.25) is 0 Å². The van der Waals surface area contributed by atoms with E-state index in [1.807, 2.05) is 0 Å². The van der Waals surface area contributed by atoms with E-state index in [4.69, 9.17) is 0 Å². The van der Waals surface area contributed by atoms with Gasteiger partial charge < -0.3 is 0 Å². The molecule has 0 amide bonds. The molecule has 0 aromatic heterocycles. The van der Waals surface area contributed by atoms with Crippen LogP contribution in [0.5, 0.6) is 0 Å². The fraction of sp³-hybridized carbons (Fsp3) is 0. The molecule has 0 atom stereocenters. The van der Waals surface area contributed by atoms with Gasteiger partial charge in [0.25, 0.3) is 0 Å². The van der Waals surface area contributed by atoms with E-state index in [-0.39, 0.29) is 0 Å². The second-order valence-corrected chi connectivity index (χ2v) is 28.8. The first-order valence-electron chi connectivity index (χ1n) is 4.00. The maximum atomic E-state index is 11.1. The van der Waals surface area contributed by atoms with Crippen LogP contribution in [0, 0.1) is 0 Å². The van der Waals surface area contributed by atoms with Gasteiger partial charge in [-0.05, 0) is 0 Å². The summed E-state index contributed by atoms with van der Waals surface area (Å²) >= 11 is -44.2. The van der Waals surface area contributed by atoms with Gasteiger partial charge in [0.1, 0.15) is 0 Å². The summed E-state index contributed by atoms with van der Waals surface area (Å²) in [6, 6.07) is 0. The van der Waals surface area contributed by atoms with Gasteiger partial charge in [-0.2, -0.15) is 0 Å². The van der Waals surface area contributed by atoms with Crippen molar-refractivity contribution in [1.82, 2.24) is 0 Å². The molecule has 1 rings (SSSR count). The van der Waals surface area contributed by atoms with Crippen LogP contribution in [0.25, 0.3) is 0 Å². The molecule has 0 radical (unpaired) electrons. The fourth-order valence-electron chi connectivity index (χ4n) is 0.680. The van der Waals surface area contributed by atoms with Crippen LogP contribution in [-0.4, -0.2) is 0 Å². The Morgan fingerprint density at radius 1 is 0.250 bits per heavy atom. The summed E-state index contributed by atoms with van der Waals surface area (Å²) in [6.07, 6.45) is 0. The van der Waals surface area contributed by atoms with Crippen LogP contribution in [0.1, 0.15) is 0 Å². The van der Waals surface area contributed by atoms with Gasteiger partial charge in [-0.15, -0.1) is 0 Å². The van der Waals surface area contributed by atoms with Crippen molar-refractivity contribution in [2.45, 2.75) is 0 Å². The van der Waals surface area contributed by atoms with Crippen molar-refractivity contribution in [2.24, 2.45) is 0 Å². The van der Waals surface area contributed by atoms with Crippen molar-refractivity contribution in [3.63, 3.8) is 0 Å². The summed E-state index contributed by atoms with van der Waals surface area (Å²) in [4.78, 5) is 0. The SMILES string of the molecule is [O]=[Mo]1(=[O])[O][Mo](=[O])(=[O])[O][Mo](=[O])(=[O])[O][Mo](=[O])(=[O])[O][Mo](=[O])(=[O])[O][Mo](=[O])(=[O])[O]1. The molecule has 144 valence electrons. The van der Waals surface area contributed by atoms with Crippen LogP contribution in [0.4, 0.5) is 0 Å². The van der Waals surface area contributed by atoms with Gasteiger partial charge in [0, 0.05) is 0 Å². The minimum absolute atomic E-state index is 3.15. The van der Waals surface area contributed by atoms with Gasteiger partial charge in [-0.25, -0.2) is 0 Å². The fourth-order valence-corrected chi connectivity index (χ4v) is 35.5. The second-order valence-electron chi connectivity index (χ2n) is 2.86. The molecule has 1 fully saturated rings. The molecule has 0 aromatic rings. The molecular formula is Mo6O18. The van der Waals surface area contributed by atoms with E-state index in [9.17, 15) is 40.8 Å². The molecule has 0 aromatic carbocycles. The van der Waals surface area contributed by atoms with Crippen LogP contribution < -0.4 is 0 Å². The summed E-state index contributed by atoms with van der Waals surface area (Å²) in [5.74, 6) is 0. The van der Waals surface area contributed by atoms with Crippen LogP contribution in [0.3, 0.4) is 0 Å². The maximum absolute atomic E-state index is 11.1. The van der Waals surface area contributed by atoms with Crippen molar-refractivity contribution >= 4 is 0 Å². The normalized spacial score (nSPS) is 31.0. The summed E-state index contributed by atoms with van der Waals surface area (Å²) in [6.45, 7) is 0. The van der Waals surface area contributed by atoms with Crippen molar-refractivity contribution in [3.8, 4) is 0 Å². The number of rotatable bonds is 0. The Balaban J connectivity index is 3.57. The minimum atomic E-state index is -7.37. The standard InChI is InChI=1S/6Mo.18O. The van der Waals surface area contributed by atoms with Crippen molar-refractivity contribution in [2.75, 3.05) is 0 Å². The first-order chi connectivity index (χ1) is 10.2. The van der Waals surface area contributed by atoms with Crippen molar-refractivity contribution in [1.29, 1.82) is 0 Å². The molecule has 0 aliphatic carbocycles. The second kappa shape index (κ2) is 7.14. The monoisotopic (exact) mass is 875 g/mol. The third-order valence-electron chi connectivity index (χ3n) is 1.00. The Hall–Kier alpha value is 1.49. The van der Waals surface area contributed by atoms with E-state index in [0.29, 0.717) is 0 Å². The molecule has 0 unspecified atom stereocenters. The van der Waals surface area contributed by atoms with Crippen molar-refractivity contribution < 1.29 is 154 Å². The molecular weight excluding hydrogens is 864 g/mol. The predicted octanol–water partition coefficient (Wildman–Crippen LogP) is -1.85. The molecule has 0 saturated carbocycles. The molecule has 0 N–H and O–H groups in total. The summed E-state index contributed by atoms with van der Waals surface area (Å²) < 4.78 is 152. The Morgan fingerprint density at radius 2 is 0.333 bits per heavy atom. The van der Waals surface area contributed by atoms with Gasteiger partial charge in [0.05, 0.1) is 0 Å². The molecule has 18 nitrogen and oxygen atoms in total. The zero-order valence-electron chi connectivity index (χ0n) is 9.80. The number of hydrogen-bond acceptors (Lipinski definition) is 18. The van der Waals surface area contributed by atoms with E-state index in [1.54, 1.807) is 0 Å². The van der Waals surface area contributed by atoms with Crippen LogP contribution in [0.2, 0.25) is 0 Å². The van der Waals surface area contributed by atoms with Gasteiger partial charge in [-0.3, -0.25) is 0 Å². The van der Waals surface area contributed by atoms with Gasteiger partial charge in [-0.1, -0.05) is 0 Å².